The van der Waals surface area contributed by atoms with E-state index in [0.717, 1.165) is 12.1 Å². The van der Waals surface area contributed by atoms with Gasteiger partial charge in [-0.25, -0.2) is 0 Å². The predicted octanol–water partition coefficient (Wildman–Crippen LogP) is 1.44. The molecule has 0 amide bonds. The van der Waals surface area contributed by atoms with Crippen LogP contribution in [0, 0.1) is 0 Å². The third-order valence-corrected chi connectivity index (χ3v) is 3.28. The number of rotatable bonds is 3. The van der Waals surface area contributed by atoms with E-state index in [1.165, 1.54) is 16.8 Å². The van der Waals surface area contributed by atoms with Gasteiger partial charge in [0, 0.05) is 6.54 Å². The largest absolute Gasteiger partial charge is 0.416 e. The van der Waals surface area contributed by atoms with E-state index in [1.807, 2.05) is 0 Å². The smallest absolute Gasteiger partial charge is 0.378 e. The molecule has 3 rings (SSSR count). The molecule has 0 spiro atoms. The van der Waals surface area contributed by atoms with Crippen molar-refractivity contribution in [2.75, 3.05) is 26.4 Å². The Labute approximate surface area is 129 Å². The van der Waals surface area contributed by atoms with Gasteiger partial charge in [-0.1, -0.05) is 0 Å². The molecule has 0 unspecified atom stereocenters. The van der Waals surface area contributed by atoms with Gasteiger partial charge in [0.2, 0.25) is 0 Å². The molecule has 0 saturated carbocycles. The molecule has 2 heterocycles. The molecule has 1 aromatic heterocycles. The fourth-order valence-corrected chi connectivity index (χ4v) is 2.14. The molecule has 0 aliphatic carbocycles. The fourth-order valence-electron chi connectivity index (χ4n) is 2.14. The average Bonchev–Trinajstić information content (AvgIpc) is 2.82. The maximum absolute atomic E-state index is 12.6. The second-order valence-electron chi connectivity index (χ2n) is 4.86. The number of halogens is 3. The first-order valence-corrected chi connectivity index (χ1v) is 6.94. The number of tetrazole rings is 1. The quantitative estimate of drug-likeness (QED) is 0.849. The number of hydroxylamine groups is 2. The molecule has 1 aliphatic heterocycles. The van der Waals surface area contributed by atoms with Crippen LogP contribution in [0.15, 0.2) is 24.3 Å². The normalized spacial score (nSPS) is 17.2. The zero-order valence-corrected chi connectivity index (χ0v) is 12.0. The molecule has 0 bridgehead atoms. The van der Waals surface area contributed by atoms with Gasteiger partial charge in [-0.05, 0) is 34.7 Å². The summed E-state index contributed by atoms with van der Waals surface area (Å²) in [5, 5.41) is 13.0. The van der Waals surface area contributed by atoms with Crippen LogP contribution in [0.5, 0.6) is 0 Å². The first kappa shape index (κ1) is 15.8. The predicted molar refractivity (Wildman–Crippen MR) is 71.3 cm³/mol. The van der Waals surface area contributed by atoms with E-state index in [9.17, 15) is 13.2 Å². The summed E-state index contributed by atoms with van der Waals surface area (Å²) in [5.74, 6) is 0.464. The van der Waals surface area contributed by atoms with Crippen molar-refractivity contribution >= 4 is 0 Å². The van der Waals surface area contributed by atoms with Crippen molar-refractivity contribution in [3.05, 3.63) is 35.7 Å². The van der Waals surface area contributed by atoms with Gasteiger partial charge in [0.05, 0.1) is 37.6 Å². The highest BCUT2D eigenvalue weighted by Gasteiger charge is 2.30. The second-order valence-corrected chi connectivity index (χ2v) is 4.86. The van der Waals surface area contributed by atoms with E-state index >= 15 is 0 Å². The van der Waals surface area contributed by atoms with Crippen molar-refractivity contribution in [2.45, 2.75) is 12.7 Å². The Kier molecular flexibility index (Phi) is 4.55. The Hall–Kier alpha value is -2.04. The van der Waals surface area contributed by atoms with Crippen LogP contribution >= 0.6 is 0 Å². The Morgan fingerprint density at radius 3 is 2.61 bits per heavy atom. The van der Waals surface area contributed by atoms with Gasteiger partial charge in [0.15, 0.2) is 5.82 Å². The number of nitrogens with zero attached hydrogens (tertiary/aromatic N) is 5. The summed E-state index contributed by atoms with van der Waals surface area (Å²) in [6, 6.07) is 4.65. The monoisotopic (exact) mass is 329 g/mol. The number of aromatic nitrogens is 4. The molecule has 0 N–H and O–H groups in total. The van der Waals surface area contributed by atoms with Gasteiger partial charge in [0.1, 0.15) is 0 Å². The molecule has 7 nitrogen and oxygen atoms in total. The third-order valence-electron chi connectivity index (χ3n) is 3.28. The van der Waals surface area contributed by atoms with E-state index in [4.69, 9.17) is 9.57 Å². The van der Waals surface area contributed by atoms with E-state index < -0.39 is 11.7 Å². The van der Waals surface area contributed by atoms with Crippen LogP contribution in [0.4, 0.5) is 13.2 Å². The van der Waals surface area contributed by atoms with E-state index in [-0.39, 0.29) is 0 Å². The van der Waals surface area contributed by atoms with Crippen LogP contribution in [-0.2, 0) is 22.3 Å². The van der Waals surface area contributed by atoms with Gasteiger partial charge in [0.25, 0.3) is 0 Å². The zero-order chi connectivity index (χ0) is 16.3. The highest BCUT2D eigenvalue weighted by molar-refractivity contribution is 5.35. The molecule has 124 valence electrons. The molecular formula is C13H14F3N5O2. The third kappa shape index (κ3) is 3.84. The summed E-state index contributed by atoms with van der Waals surface area (Å²) in [7, 11) is 0. The SMILES string of the molecule is FC(F)(F)c1ccc(-n2nnnc2CN2CCOCCO2)cc1. The van der Waals surface area contributed by atoms with Gasteiger partial charge < -0.3 is 4.74 Å². The molecule has 0 radical (unpaired) electrons. The summed E-state index contributed by atoms with van der Waals surface area (Å²) >= 11 is 0. The number of ether oxygens (including phenoxy) is 1. The lowest BCUT2D eigenvalue weighted by molar-refractivity contribution is -0.156. The van der Waals surface area contributed by atoms with Gasteiger partial charge in [-0.15, -0.1) is 5.10 Å². The Bertz CT molecular complexity index is 636. The van der Waals surface area contributed by atoms with Crippen molar-refractivity contribution < 1.29 is 22.7 Å². The van der Waals surface area contributed by atoms with Crippen LogP contribution in [0.2, 0.25) is 0 Å². The highest BCUT2D eigenvalue weighted by atomic mass is 19.4. The van der Waals surface area contributed by atoms with Gasteiger partial charge in [-0.3, -0.25) is 4.84 Å². The van der Waals surface area contributed by atoms with Crippen LogP contribution in [0.3, 0.4) is 0 Å². The number of hydrogen-bond donors (Lipinski definition) is 0. The standard InChI is InChI=1S/C13H14F3N5O2/c14-13(15,16)10-1-3-11(4-2-10)21-12(17-18-19-21)9-20-5-6-22-7-8-23-20/h1-4H,5-9H2. The maximum Gasteiger partial charge on any atom is 0.416 e. The minimum atomic E-state index is -4.37. The lowest BCUT2D eigenvalue weighted by Crippen LogP contribution is -2.27. The summed E-state index contributed by atoms with van der Waals surface area (Å²) in [6.07, 6.45) is -4.37. The number of benzene rings is 1. The molecule has 2 aromatic rings. The van der Waals surface area contributed by atoms with Crippen LogP contribution in [0.1, 0.15) is 11.4 Å². The van der Waals surface area contributed by atoms with E-state index in [1.54, 1.807) is 5.06 Å². The summed E-state index contributed by atoms with van der Waals surface area (Å²) in [6.45, 7) is 2.33. The fraction of sp³-hybridized carbons (Fsp3) is 0.462. The van der Waals surface area contributed by atoms with E-state index in [2.05, 4.69) is 15.5 Å². The Balaban J connectivity index is 1.77. The minimum Gasteiger partial charge on any atom is -0.378 e. The Morgan fingerprint density at radius 2 is 1.87 bits per heavy atom. The molecule has 10 heteroatoms. The maximum atomic E-state index is 12.6. The molecule has 1 aliphatic rings. The summed E-state index contributed by atoms with van der Waals surface area (Å²) in [5.41, 5.74) is -0.270. The summed E-state index contributed by atoms with van der Waals surface area (Å²) < 4.78 is 44.5. The summed E-state index contributed by atoms with van der Waals surface area (Å²) in [4.78, 5) is 5.48. The lowest BCUT2D eigenvalue weighted by Gasteiger charge is -2.17. The zero-order valence-electron chi connectivity index (χ0n) is 12.0. The van der Waals surface area contributed by atoms with Crippen molar-refractivity contribution in [1.29, 1.82) is 0 Å². The molecule has 1 fully saturated rings. The molecule has 0 atom stereocenters. The van der Waals surface area contributed by atoms with Crippen molar-refractivity contribution in [1.82, 2.24) is 25.3 Å². The lowest BCUT2D eigenvalue weighted by atomic mass is 10.2. The topological polar surface area (TPSA) is 65.3 Å². The highest BCUT2D eigenvalue weighted by Crippen LogP contribution is 2.29. The van der Waals surface area contributed by atoms with Crippen LogP contribution in [-0.4, -0.2) is 51.6 Å². The van der Waals surface area contributed by atoms with Crippen LogP contribution < -0.4 is 0 Å². The van der Waals surface area contributed by atoms with Crippen LogP contribution in [0.25, 0.3) is 5.69 Å². The molecular weight excluding hydrogens is 315 g/mol. The molecule has 1 saturated heterocycles. The van der Waals surface area contributed by atoms with Gasteiger partial charge in [-0.2, -0.15) is 22.9 Å². The van der Waals surface area contributed by atoms with E-state index in [0.29, 0.717) is 44.4 Å². The second kappa shape index (κ2) is 6.60. The van der Waals surface area contributed by atoms with Crippen molar-refractivity contribution in [2.24, 2.45) is 0 Å². The van der Waals surface area contributed by atoms with Crippen molar-refractivity contribution in [3.63, 3.8) is 0 Å². The number of alkyl halides is 3. The minimum absolute atomic E-state index is 0.303. The Morgan fingerprint density at radius 1 is 1.09 bits per heavy atom. The first-order chi connectivity index (χ1) is 11.0. The number of hydrogen-bond acceptors (Lipinski definition) is 6. The first-order valence-electron chi connectivity index (χ1n) is 6.94. The van der Waals surface area contributed by atoms with Gasteiger partial charge >= 0.3 is 6.18 Å². The molecule has 23 heavy (non-hydrogen) atoms. The average molecular weight is 329 g/mol. The van der Waals surface area contributed by atoms with Crippen molar-refractivity contribution in [3.8, 4) is 5.69 Å². The molecule has 1 aromatic carbocycles.